The molecule has 0 fully saturated rings. The van der Waals surface area contributed by atoms with Gasteiger partial charge in [0.1, 0.15) is 5.75 Å². The van der Waals surface area contributed by atoms with E-state index in [1.165, 1.54) is 19.2 Å². The Balaban J connectivity index is 2.27. The van der Waals surface area contributed by atoms with Crippen molar-refractivity contribution in [3.8, 4) is 23.0 Å². The molecule has 1 atom stereocenters. The Bertz CT molecular complexity index is 874. The van der Waals surface area contributed by atoms with Gasteiger partial charge in [-0.3, -0.25) is 9.59 Å². The number of rotatable bonds is 4. The lowest BCUT2D eigenvalue weighted by Gasteiger charge is -2.34. The lowest BCUT2D eigenvalue weighted by atomic mass is 9.73. The second kappa shape index (κ2) is 6.59. The third kappa shape index (κ3) is 2.52. The number of phenolic OH excluding ortho intramolecular Hbond substituents is 2. The first kappa shape index (κ1) is 17.6. The molecule has 2 aromatic carbocycles. The molecular formula is C19H18O7. The molecule has 0 bridgehead atoms. The molecule has 2 N–H and O–H groups in total. The van der Waals surface area contributed by atoms with Crippen LogP contribution in [0.2, 0.25) is 0 Å². The molecule has 1 aliphatic rings. The highest BCUT2D eigenvalue weighted by Gasteiger charge is 2.55. The van der Waals surface area contributed by atoms with E-state index in [-0.39, 0.29) is 24.3 Å². The van der Waals surface area contributed by atoms with Crippen molar-refractivity contribution in [1.29, 1.82) is 0 Å². The minimum Gasteiger partial charge on any atom is -0.504 e. The quantitative estimate of drug-likeness (QED) is 0.373. The van der Waals surface area contributed by atoms with Crippen LogP contribution in [0, 0.1) is 0 Å². The molecule has 2 aromatic rings. The Morgan fingerprint density at radius 1 is 1.23 bits per heavy atom. The van der Waals surface area contributed by atoms with Gasteiger partial charge in [0, 0.05) is 12.0 Å². The van der Waals surface area contributed by atoms with Gasteiger partial charge in [-0.05, 0) is 30.7 Å². The summed E-state index contributed by atoms with van der Waals surface area (Å²) < 4.78 is 15.7. The van der Waals surface area contributed by atoms with E-state index >= 15 is 0 Å². The number of benzene rings is 2. The Kier molecular flexibility index (Phi) is 4.46. The highest BCUT2D eigenvalue weighted by atomic mass is 16.6. The molecule has 136 valence electrons. The Morgan fingerprint density at radius 3 is 2.65 bits per heavy atom. The van der Waals surface area contributed by atoms with Crippen LogP contribution in [0.1, 0.15) is 18.1 Å². The minimum atomic E-state index is -1.86. The molecule has 0 saturated heterocycles. The fourth-order valence-electron chi connectivity index (χ4n) is 3.12. The van der Waals surface area contributed by atoms with Crippen LogP contribution in [0.3, 0.4) is 0 Å². The van der Waals surface area contributed by atoms with Gasteiger partial charge in [-0.25, -0.2) is 0 Å². The van der Waals surface area contributed by atoms with Crippen molar-refractivity contribution in [2.24, 2.45) is 0 Å². The van der Waals surface area contributed by atoms with E-state index in [9.17, 15) is 19.8 Å². The van der Waals surface area contributed by atoms with Gasteiger partial charge < -0.3 is 24.4 Å². The third-order valence-electron chi connectivity index (χ3n) is 4.38. The van der Waals surface area contributed by atoms with Crippen LogP contribution >= 0.6 is 0 Å². The highest BCUT2D eigenvalue weighted by Crippen LogP contribution is 2.47. The molecule has 7 heteroatoms. The number of esters is 2. The first-order valence-corrected chi connectivity index (χ1v) is 8.02. The van der Waals surface area contributed by atoms with Gasteiger partial charge in [-0.2, -0.15) is 0 Å². The lowest BCUT2D eigenvalue weighted by Crippen LogP contribution is -2.51. The standard InChI is InChI=1S/C19H18O7/c1-3-25-17(22)19(12-8-9-13(20)15(21)16(12)24-2)10-11-6-4-5-7-14(11)26-18(19)23/h4-9,20-21H,3,10H2,1-2H3. The van der Waals surface area contributed by atoms with Crippen LogP contribution in [-0.4, -0.2) is 35.9 Å². The normalized spacial score (nSPS) is 18.6. The smallest absolute Gasteiger partial charge is 0.333 e. The second-order valence-corrected chi connectivity index (χ2v) is 5.81. The molecule has 26 heavy (non-hydrogen) atoms. The van der Waals surface area contributed by atoms with Crippen molar-refractivity contribution < 1.29 is 34.0 Å². The summed E-state index contributed by atoms with van der Waals surface area (Å²) >= 11 is 0. The zero-order valence-corrected chi connectivity index (χ0v) is 14.3. The Morgan fingerprint density at radius 2 is 1.96 bits per heavy atom. The summed E-state index contributed by atoms with van der Waals surface area (Å²) in [4.78, 5) is 25.8. The molecule has 1 heterocycles. The number of hydrogen-bond acceptors (Lipinski definition) is 7. The first-order chi connectivity index (χ1) is 12.5. The van der Waals surface area contributed by atoms with Crippen LogP contribution in [0.15, 0.2) is 36.4 Å². The number of methoxy groups -OCH3 is 1. The average Bonchev–Trinajstić information content (AvgIpc) is 2.63. The molecule has 3 rings (SSSR count). The maximum atomic E-state index is 12.9. The largest absolute Gasteiger partial charge is 0.504 e. The van der Waals surface area contributed by atoms with Crippen LogP contribution in [0.5, 0.6) is 23.0 Å². The van der Waals surface area contributed by atoms with Crippen molar-refractivity contribution in [1.82, 2.24) is 0 Å². The summed E-state index contributed by atoms with van der Waals surface area (Å²) in [7, 11) is 1.26. The summed E-state index contributed by atoms with van der Waals surface area (Å²) in [5.41, 5.74) is -1.16. The number of aromatic hydroxyl groups is 2. The van der Waals surface area contributed by atoms with Gasteiger partial charge in [-0.15, -0.1) is 0 Å². The predicted molar refractivity (Wildman–Crippen MR) is 90.4 cm³/mol. The van der Waals surface area contributed by atoms with E-state index in [1.54, 1.807) is 31.2 Å². The van der Waals surface area contributed by atoms with Crippen molar-refractivity contribution in [2.75, 3.05) is 13.7 Å². The average molecular weight is 358 g/mol. The molecular weight excluding hydrogens is 340 g/mol. The van der Waals surface area contributed by atoms with Crippen molar-refractivity contribution in [3.05, 3.63) is 47.5 Å². The third-order valence-corrected chi connectivity index (χ3v) is 4.38. The number of phenols is 2. The van der Waals surface area contributed by atoms with E-state index in [0.29, 0.717) is 11.3 Å². The van der Waals surface area contributed by atoms with Gasteiger partial charge in [0.05, 0.1) is 13.7 Å². The van der Waals surface area contributed by atoms with Crippen LogP contribution < -0.4 is 9.47 Å². The van der Waals surface area contributed by atoms with Crippen molar-refractivity contribution in [2.45, 2.75) is 18.8 Å². The van der Waals surface area contributed by atoms with E-state index in [2.05, 4.69) is 0 Å². The molecule has 1 aliphatic heterocycles. The zero-order chi connectivity index (χ0) is 18.9. The molecule has 0 aliphatic carbocycles. The van der Waals surface area contributed by atoms with E-state index < -0.39 is 28.9 Å². The van der Waals surface area contributed by atoms with Gasteiger partial charge in [0.25, 0.3) is 0 Å². The lowest BCUT2D eigenvalue weighted by molar-refractivity contribution is -0.161. The van der Waals surface area contributed by atoms with Crippen LogP contribution in [0.4, 0.5) is 0 Å². The second-order valence-electron chi connectivity index (χ2n) is 5.81. The summed E-state index contributed by atoms with van der Waals surface area (Å²) in [6, 6.07) is 9.38. The number of hydrogen-bond donors (Lipinski definition) is 2. The van der Waals surface area contributed by atoms with Gasteiger partial charge in [0.15, 0.2) is 16.9 Å². The van der Waals surface area contributed by atoms with E-state index in [4.69, 9.17) is 14.2 Å². The first-order valence-electron chi connectivity index (χ1n) is 8.02. The molecule has 7 nitrogen and oxygen atoms in total. The Labute approximate surface area is 149 Å². The van der Waals surface area contributed by atoms with Crippen LogP contribution in [0.25, 0.3) is 0 Å². The maximum absolute atomic E-state index is 12.9. The Hall–Kier alpha value is -3.22. The molecule has 0 spiro atoms. The number of carbonyl (C=O) groups is 2. The summed E-state index contributed by atoms with van der Waals surface area (Å²) in [6.45, 7) is 1.68. The SMILES string of the molecule is CCOC(=O)C1(c2ccc(O)c(O)c2OC)Cc2ccccc2OC1=O. The molecule has 1 unspecified atom stereocenters. The monoisotopic (exact) mass is 358 g/mol. The van der Waals surface area contributed by atoms with E-state index in [0.717, 1.165) is 0 Å². The van der Waals surface area contributed by atoms with Crippen LogP contribution in [-0.2, 0) is 26.2 Å². The molecule has 0 amide bonds. The predicted octanol–water partition coefficient (Wildman–Crippen LogP) is 2.07. The highest BCUT2D eigenvalue weighted by molar-refractivity contribution is 6.09. The summed E-state index contributed by atoms with van der Waals surface area (Å²) in [5, 5.41) is 19.9. The summed E-state index contributed by atoms with van der Waals surface area (Å²) in [5.74, 6) is -2.48. The maximum Gasteiger partial charge on any atom is 0.333 e. The number of fused-ring (bicyclic) bond motifs is 1. The van der Waals surface area contributed by atoms with Crippen molar-refractivity contribution >= 4 is 11.9 Å². The number of para-hydroxylation sites is 1. The number of ether oxygens (including phenoxy) is 3. The molecule has 0 saturated carbocycles. The molecule has 0 radical (unpaired) electrons. The van der Waals surface area contributed by atoms with Gasteiger partial charge in [-0.1, -0.05) is 18.2 Å². The fraction of sp³-hybridized carbons (Fsp3) is 0.263. The van der Waals surface area contributed by atoms with Crippen molar-refractivity contribution in [3.63, 3.8) is 0 Å². The molecule has 0 aromatic heterocycles. The fourth-order valence-corrected chi connectivity index (χ4v) is 3.12. The van der Waals surface area contributed by atoms with Gasteiger partial charge in [0.2, 0.25) is 5.75 Å². The minimum absolute atomic E-state index is 0.0264. The summed E-state index contributed by atoms with van der Waals surface area (Å²) in [6.07, 6.45) is -0.0264. The number of carbonyl (C=O) groups excluding carboxylic acids is 2. The topological polar surface area (TPSA) is 102 Å². The van der Waals surface area contributed by atoms with Gasteiger partial charge >= 0.3 is 11.9 Å². The van der Waals surface area contributed by atoms with E-state index in [1.807, 2.05) is 0 Å². The zero-order valence-electron chi connectivity index (χ0n) is 14.3.